The zero-order valence-corrected chi connectivity index (χ0v) is 16.6. The number of aromatic amines is 1. The van der Waals surface area contributed by atoms with Crippen LogP contribution in [0.1, 0.15) is 29.8 Å². The van der Waals surface area contributed by atoms with Gasteiger partial charge in [0.1, 0.15) is 17.5 Å². The molecule has 0 radical (unpaired) electrons. The highest BCUT2D eigenvalue weighted by molar-refractivity contribution is 5.83. The first kappa shape index (κ1) is 20.0. The Labute approximate surface area is 172 Å². The van der Waals surface area contributed by atoms with Crippen molar-refractivity contribution in [2.75, 3.05) is 18.5 Å². The maximum Gasteiger partial charge on any atom is 0.261 e. The number of hydrogen-bond acceptors (Lipinski definition) is 6. The van der Waals surface area contributed by atoms with Gasteiger partial charge in [0.25, 0.3) is 5.56 Å². The molecule has 1 aromatic carbocycles. The first-order valence-corrected chi connectivity index (χ1v) is 9.79. The SMILES string of the molecule is Cn1cc(-c2ccc(F)cc2Cc2nc(NC3CCOCC3)c(C=N)c(=O)[nH]2)cn1. The summed E-state index contributed by atoms with van der Waals surface area (Å²) >= 11 is 0. The van der Waals surface area contributed by atoms with Crippen LogP contribution in [0.15, 0.2) is 35.4 Å². The molecular weight excluding hydrogens is 387 g/mol. The first-order chi connectivity index (χ1) is 14.5. The lowest BCUT2D eigenvalue weighted by Crippen LogP contribution is -2.30. The van der Waals surface area contributed by atoms with E-state index in [9.17, 15) is 9.18 Å². The molecule has 1 aliphatic rings. The quantitative estimate of drug-likeness (QED) is 0.541. The van der Waals surface area contributed by atoms with Crippen molar-refractivity contribution in [3.8, 4) is 11.1 Å². The number of anilines is 1. The van der Waals surface area contributed by atoms with Crippen LogP contribution in [-0.2, 0) is 18.2 Å². The van der Waals surface area contributed by atoms with Crippen molar-refractivity contribution in [2.45, 2.75) is 25.3 Å². The maximum atomic E-state index is 14.0. The summed E-state index contributed by atoms with van der Waals surface area (Å²) in [4.78, 5) is 19.8. The number of H-pyrrole nitrogens is 1. The summed E-state index contributed by atoms with van der Waals surface area (Å²) in [6.07, 6.45) is 6.40. The minimum Gasteiger partial charge on any atom is -0.381 e. The number of hydrogen-bond donors (Lipinski definition) is 3. The molecule has 1 saturated heterocycles. The number of rotatable bonds is 6. The van der Waals surface area contributed by atoms with Crippen molar-refractivity contribution in [1.82, 2.24) is 19.7 Å². The maximum absolute atomic E-state index is 14.0. The Balaban J connectivity index is 1.69. The van der Waals surface area contributed by atoms with Crippen LogP contribution in [0.25, 0.3) is 11.1 Å². The fraction of sp³-hybridized carbons (Fsp3) is 0.333. The van der Waals surface area contributed by atoms with Crippen LogP contribution in [0.3, 0.4) is 0 Å². The molecule has 0 aliphatic carbocycles. The topological polar surface area (TPSA) is 109 Å². The van der Waals surface area contributed by atoms with Crippen molar-refractivity contribution in [2.24, 2.45) is 7.05 Å². The Morgan fingerprint density at radius 2 is 2.20 bits per heavy atom. The van der Waals surface area contributed by atoms with Crippen LogP contribution in [0, 0.1) is 11.2 Å². The molecular formula is C21H23FN6O2. The fourth-order valence-corrected chi connectivity index (χ4v) is 3.62. The van der Waals surface area contributed by atoms with Crippen LogP contribution in [0.4, 0.5) is 10.2 Å². The molecule has 3 N–H and O–H groups in total. The predicted molar refractivity (Wildman–Crippen MR) is 112 cm³/mol. The van der Waals surface area contributed by atoms with E-state index >= 15 is 0 Å². The Morgan fingerprint density at radius 3 is 2.90 bits per heavy atom. The van der Waals surface area contributed by atoms with E-state index in [1.807, 2.05) is 13.2 Å². The normalized spacial score (nSPS) is 14.6. The highest BCUT2D eigenvalue weighted by Gasteiger charge is 2.18. The molecule has 0 bridgehead atoms. The number of ether oxygens (including phenoxy) is 1. The van der Waals surface area contributed by atoms with E-state index in [0.717, 1.165) is 30.2 Å². The van der Waals surface area contributed by atoms with Gasteiger partial charge in [-0.3, -0.25) is 9.48 Å². The highest BCUT2D eigenvalue weighted by Crippen LogP contribution is 2.26. The number of halogens is 1. The van der Waals surface area contributed by atoms with Gasteiger partial charge in [0, 0.05) is 50.7 Å². The Kier molecular flexibility index (Phi) is 5.71. The van der Waals surface area contributed by atoms with Gasteiger partial charge in [-0.05, 0) is 36.1 Å². The summed E-state index contributed by atoms with van der Waals surface area (Å²) < 4.78 is 21.0. The standard InChI is InChI=1S/C21H23FN6O2/c1-28-12-14(11-24-28)17-3-2-15(22)8-13(17)9-19-26-20(18(10-23)21(29)27-19)25-16-4-6-30-7-5-16/h2-3,8,10-12,16,23H,4-7,9H2,1H3,(H2,25,26,27,29). The van der Waals surface area contributed by atoms with E-state index in [1.54, 1.807) is 16.9 Å². The van der Waals surface area contributed by atoms with Crippen molar-refractivity contribution < 1.29 is 9.13 Å². The smallest absolute Gasteiger partial charge is 0.261 e. The second-order valence-electron chi connectivity index (χ2n) is 7.33. The molecule has 30 heavy (non-hydrogen) atoms. The Morgan fingerprint density at radius 1 is 1.40 bits per heavy atom. The van der Waals surface area contributed by atoms with Gasteiger partial charge in [-0.2, -0.15) is 5.10 Å². The average Bonchev–Trinajstić information content (AvgIpc) is 3.15. The third-order valence-electron chi connectivity index (χ3n) is 5.15. The minimum atomic E-state index is -0.399. The van der Waals surface area contributed by atoms with Crippen molar-refractivity contribution in [3.63, 3.8) is 0 Å². The van der Waals surface area contributed by atoms with Gasteiger partial charge < -0.3 is 20.4 Å². The van der Waals surface area contributed by atoms with E-state index < -0.39 is 5.56 Å². The summed E-state index contributed by atoms with van der Waals surface area (Å²) in [6, 6.07) is 4.67. The highest BCUT2D eigenvalue weighted by atomic mass is 19.1. The second kappa shape index (κ2) is 8.58. The third kappa shape index (κ3) is 4.30. The Hall–Kier alpha value is -3.33. The zero-order chi connectivity index (χ0) is 21.1. The van der Waals surface area contributed by atoms with Gasteiger partial charge in [-0.25, -0.2) is 9.37 Å². The zero-order valence-electron chi connectivity index (χ0n) is 16.6. The summed E-state index contributed by atoms with van der Waals surface area (Å²) in [6.45, 7) is 1.29. The van der Waals surface area contributed by atoms with E-state index in [0.29, 0.717) is 30.4 Å². The summed E-state index contributed by atoms with van der Waals surface area (Å²) in [5, 5.41) is 15.1. The van der Waals surface area contributed by atoms with Crippen LogP contribution in [0.5, 0.6) is 0 Å². The molecule has 0 unspecified atom stereocenters. The van der Waals surface area contributed by atoms with Crippen molar-refractivity contribution in [3.05, 3.63) is 63.7 Å². The van der Waals surface area contributed by atoms with Gasteiger partial charge >= 0.3 is 0 Å². The molecule has 1 aliphatic heterocycles. The Bertz CT molecular complexity index is 1120. The minimum absolute atomic E-state index is 0.125. The molecule has 0 spiro atoms. The molecule has 4 rings (SSSR count). The summed E-state index contributed by atoms with van der Waals surface area (Å²) in [5.74, 6) is 0.405. The number of benzene rings is 1. The molecule has 8 nitrogen and oxygen atoms in total. The van der Waals surface area contributed by atoms with Gasteiger partial charge in [-0.1, -0.05) is 6.07 Å². The predicted octanol–water partition coefficient (Wildman–Crippen LogP) is 2.49. The molecule has 0 atom stereocenters. The summed E-state index contributed by atoms with van der Waals surface area (Å²) in [5.41, 5.74) is 2.14. The lowest BCUT2D eigenvalue weighted by molar-refractivity contribution is 0.0904. The molecule has 156 valence electrons. The number of aromatic nitrogens is 4. The van der Waals surface area contributed by atoms with Crippen LogP contribution in [-0.4, -0.2) is 45.2 Å². The molecule has 0 amide bonds. The molecule has 1 fully saturated rings. The lowest BCUT2D eigenvalue weighted by atomic mass is 9.99. The van der Waals surface area contributed by atoms with Crippen LogP contribution >= 0.6 is 0 Å². The summed E-state index contributed by atoms with van der Waals surface area (Å²) in [7, 11) is 1.82. The molecule has 2 aromatic heterocycles. The van der Waals surface area contributed by atoms with Gasteiger partial charge in [0.2, 0.25) is 0 Å². The number of nitrogens with one attached hydrogen (secondary N) is 3. The largest absolute Gasteiger partial charge is 0.381 e. The molecule has 0 saturated carbocycles. The van der Waals surface area contributed by atoms with E-state index in [-0.39, 0.29) is 23.8 Å². The van der Waals surface area contributed by atoms with Crippen molar-refractivity contribution >= 4 is 12.0 Å². The average molecular weight is 410 g/mol. The van der Waals surface area contributed by atoms with Crippen LogP contribution < -0.4 is 10.9 Å². The fourth-order valence-electron chi connectivity index (χ4n) is 3.62. The number of nitrogens with zero attached hydrogens (tertiary/aromatic N) is 3. The van der Waals surface area contributed by atoms with Gasteiger partial charge in [-0.15, -0.1) is 0 Å². The van der Waals surface area contributed by atoms with E-state index in [1.165, 1.54) is 12.1 Å². The third-order valence-corrected chi connectivity index (χ3v) is 5.15. The van der Waals surface area contributed by atoms with E-state index in [2.05, 4.69) is 20.4 Å². The number of aryl methyl sites for hydroxylation is 1. The van der Waals surface area contributed by atoms with Gasteiger partial charge in [0.05, 0.1) is 11.8 Å². The first-order valence-electron chi connectivity index (χ1n) is 9.79. The van der Waals surface area contributed by atoms with Crippen LogP contribution in [0.2, 0.25) is 0 Å². The van der Waals surface area contributed by atoms with E-state index in [4.69, 9.17) is 10.1 Å². The monoisotopic (exact) mass is 410 g/mol. The molecule has 3 aromatic rings. The van der Waals surface area contributed by atoms with Gasteiger partial charge in [0.15, 0.2) is 0 Å². The second-order valence-corrected chi connectivity index (χ2v) is 7.33. The van der Waals surface area contributed by atoms with Crippen molar-refractivity contribution in [1.29, 1.82) is 5.41 Å². The molecule has 3 heterocycles. The lowest BCUT2D eigenvalue weighted by Gasteiger charge is -2.24. The molecule has 9 heteroatoms.